The van der Waals surface area contributed by atoms with Crippen molar-refractivity contribution < 1.29 is 4.57 Å². The largest absolute Gasteiger partial charge is 0.202 e. The molecule has 0 aromatic carbocycles. The van der Waals surface area contributed by atoms with Crippen LogP contribution in [0.25, 0.3) is 0 Å². The SMILES string of the molecule is CCCCCCCCCCCCCC[n+]1cccc(C)c1C. The molecule has 1 heterocycles. The summed E-state index contributed by atoms with van der Waals surface area (Å²) in [6.45, 7) is 7.91. The number of aromatic nitrogens is 1. The zero-order chi connectivity index (χ0) is 16.0. The lowest BCUT2D eigenvalue weighted by atomic mass is 10.1. The summed E-state index contributed by atoms with van der Waals surface area (Å²) in [5, 5.41) is 0. The standard InChI is InChI=1S/C21H38N/c1-4-5-6-7-8-9-10-11-12-13-14-15-18-22-19-16-17-20(2)21(22)3/h16-17,19H,4-15,18H2,1-3H3/q+1. The number of nitrogens with zero attached hydrogens (tertiary/aromatic N) is 1. The predicted molar refractivity (Wildman–Crippen MR) is 97.2 cm³/mol. The van der Waals surface area contributed by atoms with Gasteiger partial charge in [-0.2, -0.15) is 0 Å². The maximum Gasteiger partial charge on any atom is 0.181 e. The monoisotopic (exact) mass is 304 g/mol. The third-order valence-corrected chi connectivity index (χ3v) is 4.87. The predicted octanol–water partition coefficient (Wildman–Crippen LogP) is 6.29. The van der Waals surface area contributed by atoms with E-state index >= 15 is 0 Å². The fourth-order valence-electron chi connectivity index (χ4n) is 3.12. The fourth-order valence-corrected chi connectivity index (χ4v) is 3.12. The molecule has 0 spiro atoms. The highest BCUT2D eigenvalue weighted by Gasteiger charge is 2.06. The molecule has 1 aromatic rings. The van der Waals surface area contributed by atoms with Gasteiger partial charge in [-0.1, -0.05) is 71.1 Å². The van der Waals surface area contributed by atoms with E-state index < -0.39 is 0 Å². The molecule has 0 unspecified atom stereocenters. The third kappa shape index (κ3) is 8.56. The maximum absolute atomic E-state index is 2.41. The van der Waals surface area contributed by atoms with E-state index in [0.29, 0.717) is 0 Å². The number of rotatable bonds is 13. The fraction of sp³-hybridized carbons (Fsp3) is 0.762. The van der Waals surface area contributed by atoms with E-state index in [4.69, 9.17) is 0 Å². The van der Waals surface area contributed by atoms with Crippen LogP contribution >= 0.6 is 0 Å². The summed E-state index contributed by atoms with van der Waals surface area (Å²) in [6, 6.07) is 4.37. The summed E-state index contributed by atoms with van der Waals surface area (Å²) in [6.07, 6.45) is 19.3. The molecule has 0 atom stereocenters. The van der Waals surface area contributed by atoms with Crippen LogP contribution in [-0.2, 0) is 6.54 Å². The lowest BCUT2D eigenvalue weighted by Gasteiger charge is -2.04. The minimum atomic E-state index is 1.19. The molecule has 0 N–H and O–H groups in total. The minimum absolute atomic E-state index is 1.19. The Bertz CT molecular complexity index is 383. The third-order valence-electron chi connectivity index (χ3n) is 4.87. The van der Waals surface area contributed by atoms with Crippen molar-refractivity contribution in [3.05, 3.63) is 29.6 Å². The summed E-state index contributed by atoms with van der Waals surface area (Å²) in [4.78, 5) is 0. The van der Waals surface area contributed by atoms with Gasteiger partial charge in [0.05, 0.1) is 0 Å². The Labute approximate surface area is 139 Å². The molecule has 0 bridgehead atoms. The Kier molecular flexibility index (Phi) is 11.1. The van der Waals surface area contributed by atoms with E-state index in [0.717, 1.165) is 0 Å². The van der Waals surface area contributed by atoms with E-state index in [2.05, 4.69) is 43.7 Å². The van der Waals surface area contributed by atoms with Crippen molar-refractivity contribution in [3.8, 4) is 0 Å². The van der Waals surface area contributed by atoms with Crippen molar-refractivity contribution in [2.45, 2.75) is 104 Å². The molecule has 0 radical (unpaired) electrons. The molecule has 0 aliphatic heterocycles. The Balaban J connectivity index is 1.90. The van der Waals surface area contributed by atoms with Crippen molar-refractivity contribution in [1.29, 1.82) is 0 Å². The van der Waals surface area contributed by atoms with E-state index in [1.807, 2.05) is 0 Å². The Morgan fingerprint density at radius 2 is 1.23 bits per heavy atom. The van der Waals surface area contributed by atoms with E-state index in [1.54, 1.807) is 0 Å². The quantitative estimate of drug-likeness (QED) is 0.298. The first-order valence-corrected chi connectivity index (χ1v) is 9.71. The molecule has 0 aliphatic rings. The average molecular weight is 305 g/mol. The van der Waals surface area contributed by atoms with Gasteiger partial charge in [-0.3, -0.25) is 0 Å². The molecule has 1 heteroatoms. The second-order valence-electron chi connectivity index (χ2n) is 6.86. The van der Waals surface area contributed by atoms with Crippen molar-refractivity contribution >= 4 is 0 Å². The molecular weight excluding hydrogens is 266 g/mol. The molecule has 126 valence electrons. The van der Waals surface area contributed by atoms with Crippen LogP contribution in [-0.4, -0.2) is 0 Å². The lowest BCUT2D eigenvalue weighted by molar-refractivity contribution is -0.703. The van der Waals surface area contributed by atoms with Crippen LogP contribution in [0.1, 0.15) is 95.2 Å². The zero-order valence-corrected chi connectivity index (χ0v) is 15.4. The normalized spacial score (nSPS) is 11.0. The van der Waals surface area contributed by atoms with Crippen LogP contribution in [0.15, 0.2) is 18.3 Å². The van der Waals surface area contributed by atoms with Crippen LogP contribution in [0.3, 0.4) is 0 Å². The van der Waals surface area contributed by atoms with E-state index in [9.17, 15) is 0 Å². The molecule has 1 aromatic heterocycles. The van der Waals surface area contributed by atoms with Gasteiger partial charge in [-0.05, 0) is 19.4 Å². The lowest BCUT2D eigenvalue weighted by Crippen LogP contribution is -2.37. The zero-order valence-electron chi connectivity index (χ0n) is 15.4. The van der Waals surface area contributed by atoms with Gasteiger partial charge in [0.15, 0.2) is 11.9 Å². The highest BCUT2D eigenvalue weighted by atomic mass is 14.9. The first-order chi connectivity index (χ1) is 10.8. The summed E-state index contributed by atoms with van der Waals surface area (Å²) < 4.78 is 2.41. The molecule has 0 saturated heterocycles. The van der Waals surface area contributed by atoms with Gasteiger partial charge in [0, 0.05) is 25.0 Å². The smallest absolute Gasteiger partial charge is 0.181 e. The van der Waals surface area contributed by atoms with E-state index in [-0.39, 0.29) is 0 Å². The number of pyridine rings is 1. The summed E-state index contributed by atoms with van der Waals surface area (Å²) in [5.41, 5.74) is 2.83. The number of hydrogen-bond acceptors (Lipinski definition) is 0. The Hall–Kier alpha value is -0.850. The van der Waals surface area contributed by atoms with Gasteiger partial charge in [-0.15, -0.1) is 0 Å². The Morgan fingerprint density at radius 1 is 0.727 bits per heavy atom. The van der Waals surface area contributed by atoms with Gasteiger partial charge in [0.25, 0.3) is 0 Å². The minimum Gasteiger partial charge on any atom is -0.202 e. The van der Waals surface area contributed by atoms with Crippen LogP contribution in [0.4, 0.5) is 0 Å². The molecule has 1 rings (SSSR count). The first kappa shape index (κ1) is 19.2. The Morgan fingerprint density at radius 3 is 1.77 bits per heavy atom. The molecule has 1 nitrogen and oxygen atoms in total. The molecule has 0 amide bonds. The second-order valence-corrected chi connectivity index (χ2v) is 6.86. The van der Waals surface area contributed by atoms with Crippen molar-refractivity contribution in [1.82, 2.24) is 0 Å². The molecule has 0 fully saturated rings. The van der Waals surface area contributed by atoms with Crippen molar-refractivity contribution in [3.63, 3.8) is 0 Å². The molecule has 0 aliphatic carbocycles. The van der Waals surface area contributed by atoms with Crippen molar-refractivity contribution in [2.75, 3.05) is 0 Å². The number of unbranched alkanes of at least 4 members (excludes halogenated alkanes) is 11. The first-order valence-electron chi connectivity index (χ1n) is 9.71. The van der Waals surface area contributed by atoms with Crippen LogP contribution in [0.5, 0.6) is 0 Å². The topological polar surface area (TPSA) is 3.88 Å². The van der Waals surface area contributed by atoms with Gasteiger partial charge >= 0.3 is 0 Å². The second kappa shape index (κ2) is 12.7. The number of aryl methyl sites for hydroxylation is 2. The maximum atomic E-state index is 2.41. The van der Waals surface area contributed by atoms with Gasteiger partial charge < -0.3 is 0 Å². The van der Waals surface area contributed by atoms with E-state index in [1.165, 1.54) is 94.9 Å². The average Bonchev–Trinajstić information content (AvgIpc) is 2.52. The molecular formula is C21H38N+. The summed E-state index contributed by atoms with van der Waals surface area (Å²) in [7, 11) is 0. The highest BCUT2D eigenvalue weighted by molar-refractivity contribution is 5.11. The number of hydrogen-bond donors (Lipinski definition) is 0. The van der Waals surface area contributed by atoms with Crippen molar-refractivity contribution in [2.24, 2.45) is 0 Å². The highest BCUT2D eigenvalue weighted by Crippen LogP contribution is 2.12. The van der Waals surface area contributed by atoms with Gasteiger partial charge in [-0.25, -0.2) is 4.57 Å². The van der Waals surface area contributed by atoms with Gasteiger partial charge in [0.2, 0.25) is 0 Å². The summed E-state index contributed by atoms with van der Waals surface area (Å²) in [5.74, 6) is 0. The summed E-state index contributed by atoms with van der Waals surface area (Å²) >= 11 is 0. The molecule has 0 saturated carbocycles. The van der Waals surface area contributed by atoms with Gasteiger partial charge in [0.1, 0.15) is 6.54 Å². The van der Waals surface area contributed by atoms with Crippen LogP contribution < -0.4 is 4.57 Å². The molecule has 22 heavy (non-hydrogen) atoms. The van der Waals surface area contributed by atoms with Crippen LogP contribution in [0, 0.1) is 13.8 Å². The van der Waals surface area contributed by atoms with Crippen LogP contribution in [0.2, 0.25) is 0 Å².